The van der Waals surface area contributed by atoms with E-state index in [0.29, 0.717) is 37.2 Å². The standard InChI is InChI=1S/C19H24N2O4/c1-12(2)17(22)20-9-7-13(8-10-20)18(23)21-11-15(19(24)25)14-5-3-4-6-16(14)21/h3-6,12-13,15H,7-11H2,1-2H3,(H,24,25). The first-order valence-electron chi connectivity index (χ1n) is 8.82. The summed E-state index contributed by atoms with van der Waals surface area (Å²) < 4.78 is 0. The zero-order chi connectivity index (χ0) is 18.1. The lowest BCUT2D eigenvalue weighted by Crippen LogP contribution is -2.45. The first-order valence-corrected chi connectivity index (χ1v) is 8.82. The van der Waals surface area contributed by atoms with Crippen molar-refractivity contribution in [1.82, 2.24) is 4.90 Å². The highest BCUT2D eigenvalue weighted by Gasteiger charge is 2.39. The van der Waals surface area contributed by atoms with E-state index in [1.807, 2.05) is 30.9 Å². The molecule has 1 atom stereocenters. The normalized spacial score (nSPS) is 20.7. The zero-order valence-electron chi connectivity index (χ0n) is 14.6. The number of carbonyl (C=O) groups excluding carboxylic acids is 2. The molecule has 1 aromatic carbocycles. The first-order chi connectivity index (χ1) is 11.9. The second-order valence-corrected chi connectivity index (χ2v) is 7.15. The molecule has 0 spiro atoms. The fraction of sp³-hybridized carbons (Fsp3) is 0.526. The van der Waals surface area contributed by atoms with Crippen LogP contribution >= 0.6 is 0 Å². The van der Waals surface area contributed by atoms with Crippen molar-refractivity contribution in [2.45, 2.75) is 32.6 Å². The molecule has 0 radical (unpaired) electrons. The minimum absolute atomic E-state index is 0.0205. The second kappa shape index (κ2) is 6.86. The van der Waals surface area contributed by atoms with Crippen LogP contribution in [0.15, 0.2) is 24.3 Å². The van der Waals surface area contributed by atoms with Gasteiger partial charge in [-0.2, -0.15) is 0 Å². The van der Waals surface area contributed by atoms with Crippen molar-refractivity contribution in [3.05, 3.63) is 29.8 Å². The number of nitrogens with zero attached hydrogens (tertiary/aromatic N) is 2. The summed E-state index contributed by atoms with van der Waals surface area (Å²) in [6, 6.07) is 7.23. The van der Waals surface area contributed by atoms with Gasteiger partial charge in [-0.25, -0.2) is 0 Å². The number of anilines is 1. The number of hydrogen-bond donors (Lipinski definition) is 1. The summed E-state index contributed by atoms with van der Waals surface area (Å²) in [6.45, 7) is 5.13. The van der Waals surface area contributed by atoms with Gasteiger partial charge in [0.05, 0.1) is 0 Å². The molecule has 3 rings (SSSR count). The number of fused-ring (bicyclic) bond motifs is 1. The molecule has 1 unspecified atom stereocenters. The lowest BCUT2D eigenvalue weighted by molar-refractivity contribution is -0.139. The molecule has 1 saturated heterocycles. The van der Waals surface area contributed by atoms with Crippen molar-refractivity contribution in [2.75, 3.05) is 24.5 Å². The molecule has 0 aliphatic carbocycles. The lowest BCUT2D eigenvalue weighted by Gasteiger charge is -2.34. The summed E-state index contributed by atoms with van der Waals surface area (Å²) in [5.41, 5.74) is 1.41. The molecule has 25 heavy (non-hydrogen) atoms. The fourth-order valence-corrected chi connectivity index (χ4v) is 3.76. The summed E-state index contributed by atoms with van der Waals surface area (Å²) in [5.74, 6) is -1.65. The molecule has 2 amide bonds. The monoisotopic (exact) mass is 344 g/mol. The van der Waals surface area contributed by atoms with Crippen molar-refractivity contribution < 1.29 is 19.5 Å². The van der Waals surface area contributed by atoms with Gasteiger partial charge in [0.1, 0.15) is 5.92 Å². The largest absolute Gasteiger partial charge is 0.481 e. The van der Waals surface area contributed by atoms with E-state index in [-0.39, 0.29) is 30.2 Å². The molecule has 134 valence electrons. The highest BCUT2D eigenvalue weighted by atomic mass is 16.4. The third-order valence-corrected chi connectivity index (χ3v) is 5.18. The highest BCUT2D eigenvalue weighted by Crippen LogP contribution is 2.38. The van der Waals surface area contributed by atoms with Crippen LogP contribution in [0.4, 0.5) is 5.69 Å². The predicted octanol–water partition coefficient (Wildman–Crippen LogP) is 2.10. The molecule has 2 aliphatic rings. The third-order valence-electron chi connectivity index (χ3n) is 5.18. The van der Waals surface area contributed by atoms with Crippen LogP contribution in [0, 0.1) is 11.8 Å². The van der Waals surface area contributed by atoms with Gasteiger partial charge in [0.2, 0.25) is 11.8 Å². The molecular weight excluding hydrogens is 320 g/mol. The molecule has 2 heterocycles. The van der Waals surface area contributed by atoms with E-state index in [0.717, 1.165) is 0 Å². The van der Waals surface area contributed by atoms with E-state index in [2.05, 4.69) is 0 Å². The molecule has 1 N–H and O–H groups in total. The van der Waals surface area contributed by atoms with Gasteiger partial charge in [0.15, 0.2) is 0 Å². The van der Waals surface area contributed by atoms with Crippen LogP contribution in [0.25, 0.3) is 0 Å². The average molecular weight is 344 g/mol. The Bertz CT molecular complexity index is 692. The van der Waals surface area contributed by atoms with Crippen LogP contribution in [0.2, 0.25) is 0 Å². The van der Waals surface area contributed by atoms with E-state index in [9.17, 15) is 19.5 Å². The minimum atomic E-state index is -0.903. The number of hydrogen-bond acceptors (Lipinski definition) is 3. The van der Waals surface area contributed by atoms with Gasteiger partial charge in [-0.3, -0.25) is 14.4 Å². The maximum Gasteiger partial charge on any atom is 0.312 e. The van der Waals surface area contributed by atoms with Crippen molar-refractivity contribution in [2.24, 2.45) is 11.8 Å². The van der Waals surface area contributed by atoms with Crippen molar-refractivity contribution in [3.63, 3.8) is 0 Å². The summed E-state index contributed by atoms with van der Waals surface area (Å²) in [4.78, 5) is 40.0. The van der Waals surface area contributed by atoms with Gasteiger partial charge in [-0.15, -0.1) is 0 Å². The number of para-hydroxylation sites is 1. The highest BCUT2D eigenvalue weighted by molar-refractivity contribution is 6.00. The Balaban J connectivity index is 1.71. The second-order valence-electron chi connectivity index (χ2n) is 7.15. The Morgan fingerprint density at radius 3 is 2.36 bits per heavy atom. The van der Waals surface area contributed by atoms with Crippen LogP contribution in [-0.4, -0.2) is 47.4 Å². The molecule has 0 aromatic heterocycles. The fourth-order valence-electron chi connectivity index (χ4n) is 3.76. The number of piperidine rings is 1. The van der Waals surface area contributed by atoms with Gasteiger partial charge in [-0.1, -0.05) is 32.0 Å². The summed E-state index contributed by atoms with van der Waals surface area (Å²) in [5, 5.41) is 9.44. The molecular formula is C19H24N2O4. The maximum atomic E-state index is 13.0. The van der Waals surface area contributed by atoms with E-state index < -0.39 is 11.9 Å². The van der Waals surface area contributed by atoms with Gasteiger partial charge < -0.3 is 14.9 Å². The van der Waals surface area contributed by atoms with Crippen LogP contribution in [0.3, 0.4) is 0 Å². The Hall–Kier alpha value is -2.37. The van der Waals surface area contributed by atoms with Crippen LogP contribution < -0.4 is 4.90 Å². The molecule has 1 aromatic rings. The third kappa shape index (κ3) is 3.25. The number of likely N-dealkylation sites (tertiary alicyclic amines) is 1. The topological polar surface area (TPSA) is 77.9 Å². The summed E-state index contributed by atoms with van der Waals surface area (Å²) in [6.07, 6.45) is 1.27. The van der Waals surface area contributed by atoms with Gasteiger partial charge in [-0.05, 0) is 24.5 Å². The molecule has 6 nitrogen and oxygen atoms in total. The van der Waals surface area contributed by atoms with Crippen molar-refractivity contribution in [1.29, 1.82) is 0 Å². The number of aliphatic carboxylic acids is 1. The number of carboxylic acid groups (broad SMARTS) is 1. The molecule has 1 fully saturated rings. The number of carboxylic acids is 1. The average Bonchev–Trinajstić information content (AvgIpc) is 3.00. The molecule has 0 saturated carbocycles. The Labute approximate surface area is 147 Å². The number of rotatable bonds is 3. The molecule has 6 heteroatoms. The Kier molecular flexibility index (Phi) is 4.79. The van der Waals surface area contributed by atoms with E-state index in [4.69, 9.17) is 0 Å². The van der Waals surface area contributed by atoms with Gasteiger partial charge in [0.25, 0.3) is 0 Å². The van der Waals surface area contributed by atoms with Gasteiger partial charge >= 0.3 is 5.97 Å². The summed E-state index contributed by atoms with van der Waals surface area (Å²) >= 11 is 0. The van der Waals surface area contributed by atoms with Crippen LogP contribution in [-0.2, 0) is 14.4 Å². The first kappa shape index (κ1) is 17.5. The number of benzene rings is 1. The Morgan fingerprint density at radius 1 is 1.12 bits per heavy atom. The minimum Gasteiger partial charge on any atom is -0.481 e. The van der Waals surface area contributed by atoms with Crippen LogP contribution in [0.1, 0.15) is 38.2 Å². The number of carbonyl (C=O) groups is 3. The quantitative estimate of drug-likeness (QED) is 0.911. The lowest BCUT2D eigenvalue weighted by atomic mass is 9.94. The SMILES string of the molecule is CC(C)C(=O)N1CCC(C(=O)N2CC(C(=O)O)c3ccccc32)CC1. The zero-order valence-corrected chi connectivity index (χ0v) is 14.6. The predicted molar refractivity (Wildman–Crippen MR) is 93.3 cm³/mol. The maximum absolute atomic E-state index is 13.0. The Morgan fingerprint density at radius 2 is 1.76 bits per heavy atom. The van der Waals surface area contributed by atoms with E-state index >= 15 is 0 Å². The van der Waals surface area contributed by atoms with Crippen molar-refractivity contribution >= 4 is 23.5 Å². The smallest absolute Gasteiger partial charge is 0.312 e. The molecule has 0 bridgehead atoms. The summed E-state index contributed by atoms with van der Waals surface area (Å²) in [7, 11) is 0. The molecule has 2 aliphatic heterocycles. The van der Waals surface area contributed by atoms with Gasteiger partial charge in [0, 0.05) is 37.2 Å². The number of amides is 2. The van der Waals surface area contributed by atoms with Crippen molar-refractivity contribution in [3.8, 4) is 0 Å². The van der Waals surface area contributed by atoms with E-state index in [1.54, 1.807) is 17.0 Å². The van der Waals surface area contributed by atoms with Crippen LogP contribution in [0.5, 0.6) is 0 Å². The van der Waals surface area contributed by atoms with E-state index in [1.165, 1.54) is 0 Å².